The number of carbonyl (C=O) groups is 1. The Hall–Kier alpha value is -0.650. The Bertz CT molecular complexity index is 203. The standard InChI is InChI=1S/C10H21N3O2/c1-2-12-5-7-13(8-6-12)4-3-9(11)10(14)15/h9H,2-8,11H2,1H3,(H,14,15)/t9-/m1/s1. The van der Waals surface area contributed by atoms with Crippen LogP contribution in [0.25, 0.3) is 0 Å². The van der Waals surface area contributed by atoms with Crippen molar-refractivity contribution >= 4 is 5.97 Å². The first-order valence-electron chi connectivity index (χ1n) is 5.56. The summed E-state index contributed by atoms with van der Waals surface area (Å²) in [6, 6.07) is -0.714. The van der Waals surface area contributed by atoms with Gasteiger partial charge in [0.1, 0.15) is 6.04 Å². The third kappa shape index (κ3) is 4.15. The van der Waals surface area contributed by atoms with Crippen LogP contribution in [0.3, 0.4) is 0 Å². The molecule has 0 saturated carbocycles. The molecule has 0 bridgehead atoms. The maximum Gasteiger partial charge on any atom is 0.320 e. The molecule has 1 fully saturated rings. The van der Waals surface area contributed by atoms with Crippen LogP contribution in [-0.4, -0.2) is 66.2 Å². The van der Waals surface area contributed by atoms with E-state index < -0.39 is 12.0 Å². The minimum absolute atomic E-state index is 0.543. The van der Waals surface area contributed by atoms with E-state index in [0.29, 0.717) is 6.42 Å². The molecule has 1 aliphatic heterocycles. The van der Waals surface area contributed by atoms with Crippen molar-refractivity contribution in [2.75, 3.05) is 39.3 Å². The van der Waals surface area contributed by atoms with E-state index in [9.17, 15) is 4.79 Å². The minimum Gasteiger partial charge on any atom is -0.480 e. The van der Waals surface area contributed by atoms with Crippen molar-refractivity contribution in [3.63, 3.8) is 0 Å². The van der Waals surface area contributed by atoms with E-state index in [2.05, 4.69) is 16.7 Å². The molecule has 88 valence electrons. The fraction of sp³-hybridized carbons (Fsp3) is 0.900. The lowest BCUT2D eigenvalue weighted by Crippen LogP contribution is -2.47. The number of hydrogen-bond acceptors (Lipinski definition) is 4. The molecule has 0 aliphatic carbocycles. The van der Waals surface area contributed by atoms with E-state index in [1.54, 1.807) is 0 Å². The molecule has 1 aliphatic rings. The van der Waals surface area contributed by atoms with Gasteiger partial charge in [-0.05, 0) is 13.0 Å². The van der Waals surface area contributed by atoms with Gasteiger partial charge < -0.3 is 20.6 Å². The van der Waals surface area contributed by atoms with Crippen LogP contribution in [0.4, 0.5) is 0 Å². The van der Waals surface area contributed by atoms with Crippen molar-refractivity contribution in [2.45, 2.75) is 19.4 Å². The fourth-order valence-corrected chi connectivity index (χ4v) is 1.77. The Labute approximate surface area is 90.8 Å². The third-order valence-corrected chi connectivity index (χ3v) is 2.99. The highest BCUT2D eigenvalue weighted by Gasteiger charge is 2.17. The van der Waals surface area contributed by atoms with Crippen molar-refractivity contribution < 1.29 is 9.90 Å². The zero-order valence-electron chi connectivity index (χ0n) is 9.35. The van der Waals surface area contributed by atoms with Gasteiger partial charge in [-0.3, -0.25) is 4.79 Å². The van der Waals surface area contributed by atoms with E-state index in [-0.39, 0.29) is 0 Å². The summed E-state index contributed by atoms with van der Waals surface area (Å²) in [5, 5.41) is 8.64. The van der Waals surface area contributed by atoms with Gasteiger partial charge in [-0.25, -0.2) is 0 Å². The minimum atomic E-state index is -0.901. The maximum absolute atomic E-state index is 10.5. The van der Waals surface area contributed by atoms with Crippen molar-refractivity contribution in [3.05, 3.63) is 0 Å². The number of hydrogen-bond donors (Lipinski definition) is 2. The maximum atomic E-state index is 10.5. The first-order chi connectivity index (χ1) is 7.13. The summed E-state index contributed by atoms with van der Waals surface area (Å²) in [6.07, 6.45) is 0.543. The van der Waals surface area contributed by atoms with Gasteiger partial charge in [0.25, 0.3) is 0 Å². The predicted octanol–water partition coefficient (Wildman–Crippen LogP) is -0.574. The predicted molar refractivity (Wildman–Crippen MR) is 58.8 cm³/mol. The normalized spacial score (nSPS) is 21.5. The summed E-state index contributed by atoms with van der Waals surface area (Å²) in [5.41, 5.74) is 5.45. The first kappa shape index (κ1) is 12.4. The van der Waals surface area contributed by atoms with Crippen LogP contribution in [-0.2, 0) is 4.79 Å². The molecule has 1 saturated heterocycles. The van der Waals surface area contributed by atoms with Gasteiger partial charge in [-0.15, -0.1) is 0 Å². The van der Waals surface area contributed by atoms with Gasteiger partial charge in [-0.1, -0.05) is 6.92 Å². The van der Waals surface area contributed by atoms with Crippen LogP contribution in [0, 0.1) is 0 Å². The Morgan fingerprint density at radius 2 is 1.87 bits per heavy atom. The van der Waals surface area contributed by atoms with Crippen LogP contribution in [0.15, 0.2) is 0 Å². The highest BCUT2D eigenvalue weighted by Crippen LogP contribution is 2.02. The zero-order valence-corrected chi connectivity index (χ0v) is 9.35. The second-order valence-electron chi connectivity index (χ2n) is 4.01. The molecule has 0 unspecified atom stereocenters. The van der Waals surface area contributed by atoms with Gasteiger partial charge in [0.05, 0.1) is 0 Å². The highest BCUT2D eigenvalue weighted by molar-refractivity contribution is 5.72. The average molecular weight is 215 g/mol. The molecule has 0 aromatic heterocycles. The van der Waals surface area contributed by atoms with E-state index >= 15 is 0 Å². The number of rotatable bonds is 5. The summed E-state index contributed by atoms with van der Waals surface area (Å²) in [6.45, 7) is 8.28. The lowest BCUT2D eigenvalue weighted by molar-refractivity contribution is -0.138. The number of piperazine rings is 1. The Morgan fingerprint density at radius 3 is 2.33 bits per heavy atom. The molecule has 3 N–H and O–H groups in total. The first-order valence-corrected chi connectivity index (χ1v) is 5.56. The van der Waals surface area contributed by atoms with Gasteiger partial charge in [-0.2, -0.15) is 0 Å². The molecule has 0 aromatic carbocycles. The number of likely N-dealkylation sites (N-methyl/N-ethyl adjacent to an activating group) is 1. The van der Waals surface area contributed by atoms with E-state index in [4.69, 9.17) is 10.8 Å². The number of nitrogens with zero attached hydrogens (tertiary/aromatic N) is 2. The van der Waals surface area contributed by atoms with Crippen LogP contribution >= 0.6 is 0 Å². The van der Waals surface area contributed by atoms with Crippen LogP contribution in [0.5, 0.6) is 0 Å². The SMILES string of the molecule is CCN1CCN(CC[C@@H](N)C(=O)O)CC1. The Kier molecular flexibility index (Phi) is 5.01. The summed E-state index contributed by atoms with van der Waals surface area (Å²) in [4.78, 5) is 15.2. The average Bonchev–Trinajstić information content (AvgIpc) is 2.26. The second kappa shape index (κ2) is 6.05. The van der Waals surface area contributed by atoms with Crippen LogP contribution in [0.2, 0.25) is 0 Å². The number of nitrogens with two attached hydrogens (primary N) is 1. The summed E-state index contributed by atoms with van der Waals surface area (Å²) < 4.78 is 0. The quantitative estimate of drug-likeness (QED) is 0.642. The van der Waals surface area contributed by atoms with Gasteiger partial charge in [0, 0.05) is 32.7 Å². The molecule has 1 atom stereocenters. The summed E-state index contributed by atoms with van der Waals surface area (Å²) in [5.74, 6) is -0.901. The molecule has 0 amide bonds. The number of carboxylic acids is 1. The third-order valence-electron chi connectivity index (χ3n) is 2.99. The second-order valence-corrected chi connectivity index (χ2v) is 4.01. The van der Waals surface area contributed by atoms with Gasteiger partial charge in [0.15, 0.2) is 0 Å². The molecule has 0 radical (unpaired) electrons. The van der Waals surface area contributed by atoms with Gasteiger partial charge >= 0.3 is 5.97 Å². The van der Waals surface area contributed by atoms with Crippen molar-refractivity contribution in [2.24, 2.45) is 5.73 Å². The van der Waals surface area contributed by atoms with Crippen molar-refractivity contribution in [3.8, 4) is 0 Å². The molecule has 1 heterocycles. The molecule has 5 nitrogen and oxygen atoms in total. The molecule has 1 rings (SSSR count). The Morgan fingerprint density at radius 1 is 1.33 bits per heavy atom. The zero-order chi connectivity index (χ0) is 11.3. The lowest BCUT2D eigenvalue weighted by atomic mass is 10.2. The molecule has 0 aromatic rings. The molecular weight excluding hydrogens is 194 g/mol. The van der Waals surface area contributed by atoms with E-state index in [0.717, 1.165) is 39.3 Å². The van der Waals surface area contributed by atoms with E-state index in [1.165, 1.54) is 0 Å². The fourth-order valence-electron chi connectivity index (χ4n) is 1.77. The summed E-state index contributed by atoms with van der Waals surface area (Å²) >= 11 is 0. The molecule has 15 heavy (non-hydrogen) atoms. The van der Waals surface area contributed by atoms with Gasteiger partial charge in [0.2, 0.25) is 0 Å². The van der Waals surface area contributed by atoms with Crippen molar-refractivity contribution in [1.29, 1.82) is 0 Å². The molecule has 5 heteroatoms. The highest BCUT2D eigenvalue weighted by atomic mass is 16.4. The van der Waals surface area contributed by atoms with Crippen molar-refractivity contribution in [1.82, 2.24) is 9.80 Å². The number of carboxylic acid groups (broad SMARTS) is 1. The molecular formula is C10H21N3O2. The van der Waals surface area contributed by atoms with Crippen LogP contribution in [0.1, 0.15) is 13.3 Å². The monoisotopic (exact) mass is 215 g/mol. The molecule has 0 spiro atoms. The Balaban J connectivity index is 2.16. The lowest BCUT2D eigenvalue weighted by Gasteiger charge is -2.34. The topological polar surface area (TPSA) is 69.8 Å². The largest absolute Gasteiger partial charge is 0.480 e. The summed E-state index contributed by atoms with van der Waals surface area (Å²) in [7, 11) is 0. The van der Waals surface area contributed by atoms with Crippen LogP contribution < -0.4 is 5.73 Å². The van der Waals surface area contributed by atoms with E-state index in [1.807, 2.05) is 0 Å². The number of aliphatic carboxylic acids is 1. The smallest absolute Gasteiger partial charge is 0.320 e.